The van der Waals surface area contributed by atoms with Crippen molar-refractivity contribution in [2.45, 2.75) is 84.5 Å². The predicted octanol–water partition coefficient (Wildman–Crippen LogP) is 7.62. The lowest BCUT2D eigenvalue weighted by Crippen LogP contribution is -2.56. The maximum Gasteiger partial charge on any atom is 0.410 e. The number of ether oxygens (including phenoxy) is 1. The van der Waals surface area contributed by atoms with Crippen molar-refractivity contribution in [2.24, 2.45) is 10.4 Å². The van der Waals surface area contributed by atoms with Crippen LogP contribution in [0.2, 0.25) is 10.0 Å². The number of likely N-dealkylation sites (tertiary alicyclic amines) is 1. The number of aliphatic imine (C=N–C) groups is 1. The molecule has 1 spiro atoms. The Kier molecular flexibility index (Phi) is 9.00. The van der Waals surface area contributed by atoms with Gasteiger partial charge in [0.15, 0.2) is 0 Å². The minimum atomic E-state index is -1.01. The third-order valence-corrected chi connectivity index (χ3v) is 8.00. The van der Waals surface area contributed by atoms with E-state index in [0.29, 0.717) is 48.0 Å². The van der Waals surface area contributed by atoms with Crippen molar-refractivity contribution in [2.75, 3.05) is 13.1 Å². The Morgan fingerprint density at radius 2 is 1.57 bits per heavy atom. The van der Waals surface area contributed by atoms with Gasteiger partial charge in [-0.2, -0.15) is 0 Å². The third kappa shape index (κ3) is 7.27. The molecule has 2 aliphatic heterocycles. The topological polar surface area (TPSA) is 99.5 Å². The highest BCUT2D eigenvalue weighted by Crippen LogP contribution is 2.45. The van der Waals surface area contributed by atoms with Gasteiger partial charge in [-0.15, -0.1) is 0 Å². The zero-order valence-electron chi connectivity index (χ0n) is 25.0. The van der Waals surface area contributed by atoms with Crippen LogP contribution in [0.25, 0.3) is 0 Å². The second-order valence-electron chi connectivity index (χ2n) is 13.3. The number of carboxylic acids is 1. The molecule has 1 atom stereocenters. The van der Waals surface area contributed by atoms with E-state index in [-0.39, 0.29) is 28.6 Å². The molecule has 10 heteroatoms. The number of amides is 2. The van der Waals surface area contributed by atoms with Crippen molar-refractivity contribution < 1.29 is 24.2 Å². The highest BCUT2D eigenvalue weighted by atomic mass is 35.5. The van der Waals surface area contributed by atoms with Crippen LogP contribution in [0, 0.1) is 5.41 Å². The van der Waals surface area contributed by atoms with E-state index in [1.165, 1.54) is 0 Å². The van der Waals surface area contributed by atoms with Gasteiger partial charge in [0.05, 0.1) is 11.6 Å². The Labute approximate surface area is 257 Å². The first-order valence-electron chi connectivity index (χ1n) is 14.2. The summed E-state index contributed by atoms with van der Waals surface area (Å²) in [6, 6.07) is 11.3. The molecule has 1 saturated heterocycles. The van der Waals surface area contributed by atoms with Gasteiger partial charge in [0, 0.05) is 41.5 Å². The smallest absolute Gasteiger partial charge is 0.410 e. The molecular formula is C32H39Cl2N3O5. The SMILES string of the molecule is CC(C)(C)CCC(c1ccc(C(=O)O)cc1)N1C(=O)C(c2cc(Cl)cc(Cl)c2)=NC12CCN(C(=O)OC(C)(C)C)CC2. The van der Waals surface area contributed by atoms with Crippen molar-refractivity contribution in [3.63, 3.8) is 0 Å². The molecule has 0 bridgehead atoms. The summed E-state index contributed by atoms with van der Waals surface area (Å²) in [5.74, 6) is -1.26. The highest BCUT2D eigenvalue weighted by Gasteiger charge is 2.52. The van der Waals surface area contributed by atoms with Crippen molar-refractivity contribution >= 4 is 46.9 Å². The zero-order chi connectivity index (χ0) is 31.0. The molecule has 0 saturated carbocycles. The third-order valence-electron chi connectivity index (χ3n) is 7.56. The summed E-state index contributed by atoms with van der Waals surface area (Å²) in [6.07, 6.45) is 1.87. The van der Waals surface area contributed by atoms with Crippen molar-refractivity contribution in [1.29, 1.82) is 0 Å². The van der Waals surface area contributed by atoms with E-state index in [1.54, 1.807) is 47.4 Å². The van der Waals surface area contributed by atoms with Crippen molar-refractivity contribution in [3.05, 3.63) is 69.2 Å². The number of carbonyl (C=O) groups is 3. The van der Waals surface area contributed by atoms with Crippen LogP contribution in [-0.4, -0.2) is 62.9 Å². The van der Waals surface area contributed by atoms with Gasteiger partial charge in [0.25, 0.3) is 5.91 Å². The standard InChI is InChI=1S/C32H39Cl2N3O5/c1-30(2,3)12-11-25(20-7-9-21(10-8-20)28(39)40)37-27(38)26(22-17-23(33)19-24(34)18-22)35-32(37)13-15-36(16-14-32)29(41)42-31(4,5)6/h7-10,17-19,25H,11-16H2,1-6H3,(H,39,40). The minimum Gasteiger partial charge on any atom is -0.478 e. The number of benzene rings is 2. The fraction of sp³-hybridized carbons (Fsp3) is 0.500. The molecule has 42 heavy (non-hydrogen) atoms. The summed E-state index contributed by atoms with van der Waals surface area (Å²) in [7, 11) is 0. The predicted molar refractivity (Wildman–Crippen MR) is 164 cm³/mol. The van der Waals surface area contributed by atoms with Gasteiger partial charge in [-0.1, -0.05) is 56.1 Å². The van der Waals surface area contributed by atoms with Gasteiger partial charge in [0.1, 0.15) is 17.0 Å². The number of rotatable bonds is 6. The molecule has 2 amide bonds. The van der Waals surface area contributed by atoms with E-state index in [2.05, 4.69) is 20.8 Å². The van der Waals surface area contributed by atoms with Crippen molar-refractivity contribution in [3.8, 4) is 0 Å². The van der Waals surface area contributed by atoms with E-state index in [4.69, 9.17) is 32.9 Å². The Bertz CT molecular complexity index is 1360. The summed E-state index contributed by atoms with van der Waals surface area (Å²) in [5, 5.41) is 10.3. The maximum absolute atomic E-state index is 14.4. The second kappa shape index (κ2) is 11.9. The molecule has 2 aromatic rings. The van der Waals surface area contributed by atoms with Gasteiger partial charge >= 0.3 is 12.1 Å². The van der Waals surface area contributed by atoms with Crippen LogP contribution in [0.5, 0.6) is 0 Å². The summed E-state index contributed by atoms with van der Waals surface area (Å²) < 4.78 is 5.61. The Hall–Kier alpha value is -3.10. The zero-order valence-corrected chi connectivity index (χ0v) is 26.6. The molecule has 1 fully saturated rings. The minimum absolute atomic E-state index is 0.0144. The normalized spacial score (nSPS) is 17.8. The second-order valence-corrected chi connectivity index (χ2v) is 14.2. The van der Waals surface area contributed by atoms with Crippen LogP contribution in [0.1, 0.15) is 94.8 Å². The number of piperidine rings is 1. The maximum atomic E-state index is 14.4. The lowest BCUT2D eigenvalue weighted by Gasteiger charge is -2.46. The lowest BCUT2D eigenvalue weighted by atomic mass is 9.84. The molecule has 0 radical (unpaired) electrons. The van der Waals surface area contributed by atoms with Gasteiger partial charge < -0.3 is 19.6 Å². The molecule has 2 heterocycles. The lowest BCUT2D eigenvalue weighted by molar-refractivity contribution is -0.133. The molecule has 4 rings (SSSR count). The van der Waals surface area contributed by atoms with Gasteiger partial charge in [-0.05, 0) is 74.9 Å². The number of hydrogen-bond acceptors (Lipinski definition) is 5. The summed E-state index contributed by atoms with van der Waals surface area (Å²) in [4.78, 5) is 47.5. The molecule has 226 valence electrons. The quantitative estimate of drug-likeness (QED) is 0.360. The van der Waals surface area contributed by atoms with Crippen LogP contribution in [0.3, 0.4) is 0 Å². The molecule has 1 N–H and O–H groups in total. The molecule has 2 aromatic carbocycles. The van der Waals surface area contributed by atoms with Crippen LogP contribution in [0.4, 0.5) is 4.79 Å². The number of carbonyl (C=O) groups excluding carboxylic acids is 2. The van der Waals surface area contributed by atoms with E-state index in [9.17, 15) is 19.5 Å². The Morgan fingerprint density at radius 1 is 1.00 bits per heavy atom. The largest absolute Gasteiger partial charge is 0.478 e. The number of nitrogens with zero attached hydrogens (tertiary/aromatic N) is 3. The van der Waals surface area contributed by atoms with Crippen LogP contribution >= 0.6 is 23.2 Å². The Morgan fingerprint density at radius 3 is 2.07 bits per heavy atom. The molecule has 0 aromatic heterocycles. The van der Waals surface area contributed by atoms with E-state index in [0.717, 1.165) is 12.0 Å². The summed E-state index contributed by atoms with van der Waals surface area (Å²) in [5.41, 5.74) is 0.239. The fourth-order valence-electron chi connectivity index (χ4n) is 5.51. The average Bonchev–Trinajstić information content (AvgIpc) is 3.14. The molecule has 2 aliphatic rings. The fourth-order valence-corrected chi connectivity index (χ4v) is 6.04. The van der Waals surface area contributed by atoms with Crippen LogP contribution < -0.4 is 0 Å². The first-order valence-corrected chi connectivity index (χ1v) is 14.9. The number of halogens is 2. The van der Waals surface area contributed by atoms with E-state index >= 15 is 0 Å². The van der Waals surface area contributed by atoms with Gasteiger partial charge in [-0.3, -0.25) is 9.79 Å². The van der Waals surface area contributed by atoms with Gasteiger partial charge in [0.2, 0.25) is 0 Å². The number of hydrogen-bond donors (Lipinski definition) is 1. The molecule has 8 nitrogen and oxygen atoms in total. The van der Waals surface area contributed by atoms with Gasteiger partial charge in [-0.25, -0.2) is 9.59 Å². The first kappa shape index (κ1) is 31.8. The molecule has 1 unspecified atom stereocenters. The Balaban J connectivity index is 1.78. The first-order chi connectivity index (χ1) is 19.5. The molecule has 0 aliphatic carbocycles. The highest BCUT2D eigenvalue weighted by molar-refractivity contribution is 6.47. The monoisotopic (exact) mass is 615 g/mol. The number of carboxylic acid groups (broad SMARTS) is 1. The number of aromatic carboxylic acids is 1. The average molecular weight is 617 g/mol. The summed E-state index contributed by atoms with van der Waals surface area (Å²) in [6.45, 7) is 12.6. The van der Waals surface area contributed by atoms with E-state index in [1.807, 2.05) is 25.7 Å². The van der Waals surface area contributed by atoms with Crippen molar-refractivity contribution in [1.82, 2.24) is 9.80 Å². The van der Waals surface area contributed by atoms with E-state index < -0.39 is 23.3 Å². The molecular weight excluding hydrogens is 577 g/mol. The summed E-state index contributed by atoms with van der Waals surface area (Å²) >= 11 is 12.6. The van der Waals surface area contributed by atoms with Crippen LogP contribution in [0.15, 0.2) is 47.5 Å². The van der Waals surface area contributed by atoms with Crippen LogP contribution in [-0.2, 0) is 9.53 Å².